The van der Waals surface area contributed by atoms with Gasteiger partial charge in [0.05, 0.1) is 0 Å². The van der Waals surface area contributed by atoms with Crippen LogP contribution in [0.4, 0.5) is 13.2 Å². The van der Waals surface area contributed by atoms with Crippen LogP contribution in [0.15, 0.2) is 79.4 Å². The standard InChI is InChI=1S/C25H23F3O/c1-3-25(2,19-12-14-21(26)23(28)17-19)15-7-8-18-11-13-22(27)24(16-18)29-20-9-5-4-6-10-20/h3-6,9-14,16-17H,1,7-8,15H2,2H3. The summed E-state index contributed by atoms with van der Waals surface area (Å²) in [5, 5.41) is 0. The molecule has 3 aromatic carbocycles. The molecule has 0 aliphatic rings. The van der Waals surface area contributed by atoms with Crippen LogP contribution < -0.4 is 4.74 Å². The minimum Gasteiger partial charge on any atom is -0.454 e. The summed E-state index contributed by atoms with van der Waals surface area (Å²) >= 11 is 0. The normalized spacial score (nSPS) is 13.0. The van der Waals surface area contributed by atoms with Crippen molar-refractivity contribution in [2.45, 2.75) is 31.6 Å². The minimum atomic E-state index is -0.864. The molecule has 1 nitrogen and oxygen atoms in total. The smallest absolute Gasteiger partial charge is 0.165 e. The van der Waals surface area contributed by atoms with E-state index in [4.69, 9.17) is 4.74 Å². The SMILES string of the molecule is C=CC(C)(CCCc1ccc(F)c(Oc2ccccc2)c1)c1ccc(F)c(F)c1. The maximum Gasteiger partial charge on any atom is 0.165 e. The highest BCUT2D eigenvalue weighted by atomic mass is 19.2. The number of aryl methyl sites for hydroxylation is 1. The predicted octanol–water partition coefficient (Wildman–Crippen LogP) is 7.36. The molecule has 0 bridgehead atoms. The van der Waals surface area contributed by atoms with Gasteiger partial charge >= 0.3 is 0 Å². The van der Waals surface area contributed by atoms with Crippen LogP contribution in [-0.2, 0) is 11.8 Å². The monoisotopic (exact) mass is 396 g/mol. The van der Waals surface area contributed by atoms with Crippen LogP contribution in [0.5, 0.6) is 11.5 Å². The molecule has 1 atom stereocenters. The third-order valence-electron chi connectivity index (χ3n) is 5.16. The second kappa shape index (κ2) is 8.99. The van der Waals surface area contributed by atoms with Gasteiger partial charge in [-0.2, -0.15) is 0 Å². The van der Waals surface area contributed by atoms with Crippen LogP contribution in [0, 0.1) is 17.5 Å². The highest BCUT2D eigenvalue weighted by molar-refractivity contribution is 5.35. The average molecular weight is 396 g/mol. The molecule has 0 aliphatic heterocycles. The fourth-order valence-electron chi connectivity index (χ4n) is 3.27. The van der Waals surface area contributed by atoms with Gasteiger partial charge in [-0.3, -0.25) is 0 Å². The highest BCUT2D eigenvalue weighted by Gasteiger charge is 2.23. The summed E-state index contributed by atoms with van der Waals surface area (Å²) in [6.45, 7) is 5.82. The zero-order chi connectivity index (χ0) is 20.9. The van der Waals surface area contributed by atoms with Gasteiger partial charge in [0.1, 0.15) is 5.75 Å². The van der Waals surface area contributed by atoms with Gasteiger partial charge in [-0.15, -0.1) is 6.58 Å². The number of hydrogen-bond donors (Lipinski definition) is 0. The van der Waals surface area contributed by atoms with Crippen LogP contribution in [-0.4, -0.2) is 0 Å². The first-order valence-electron chi connectivity index (χ1n) is 9.52. The molecule has 0 fully saturated rings. The molecule has 0 saturated heterocycles. The van der Waals surface area contributed by atoms with Crippen molar-refractivity contribution in [2.75, 3.05) is 0 Å². The lowest BCUT2D eigenvalue weighted by molar-refractivity contribution is 0.441. The molecule has 1 unspecified atom stereocenters. The molecule has 150 valence electrons. The summed E-state index contributed by atoms with van der Waals surface area (Å²) in [4.78, 5) is 0. The van der Waals surface area contributed by atoms with Crippen molar-refractivity contribution in [2.24, 2.45) is 0 Å². The maximum absolute atomic E-state index is 14.1. The largest absolute Gasteiger partial charge is 0.454 e. The van der Waals surface area contributed by atoms with Gasteiger partial charge < -0.3 is 4.74 Å². The number of halogens is 3. The van der Waals surface area contributed by atoms with Gasteiger partial charge in [-0.25, -0.2) is 13.2 Å². The Hall–Kier alpha value is -3.01. The fraction of sp³-hybridized carbons (Fsp3) is 0.200. The molecule has 0 spiro atoms. The molecular formula is C25H23F3O. The fourth-order valence-corrected chi connectivity index (χ4v) is 3.27. The lowest BCUT2D eigenvalue weighted by Crippen LogP contribution is -2.19. The first-order valence-corrected chi connectivity index (χ1v) is 9.52. The van der Waals surface area contributed by atoms with Crippen LogP contribution in [0.1, 0.15) is 30.9 Å². The molecule has 4 heteroatoms. The molecule has 0 radical (unpaired) electrons. The molecule has 3 rings (SSSR count). The van der Waals surface area contributed by atoms with Crippen LogP contribution >= 0.6 is 0 Å². The van der Waals surface area contributed by atoms with E-state index >= 15 is 0 Å². The van der Waals surface area contributed by atoms with E-state index in [1.807, 2.05) is 25.1 Å². The Bertz CT molecular complexity index is 985. The van der Waals surface area contributed by atoms with E-state index in [1.165, 1.54) is 12.1 Å². The first kappa shape index (κ1) is 20.7. The molecule has 0 heterocycles. The number of rotatable bonds is 8. The van der Waals surface area contributed by atoms with Gasteiger partial charge in [-0.05, 0) is 66.8 Å². The van der Waals surface area contributed by atoms with Gasteiger partial charge in [0.2, 0.25) is 0 Å². The van der Waals surface area contributed by atoms with Crippen molar-refractivity contribution in [3.05, 3.63) is 108 Å². The molecule has 3 aromatic rings. The Morgan fingerprint density at radius 1 is 0.897 bits per heavy atom. The summed E-state index contributed by atoms with van der Waals surface area (Å²) in [6.07, 6.45) is 3.90. The number of hydrogen-bond acceptors (Lipinski definition) is 1. The van der Waals surface area contributed by atoms with E-state index in [9.17, 15) is 13.2 Å². The third-order valence-corrected chi connectivity index (χ3v) is 5.16. The van der Waals surface area contributed by atoms with Crippen LogP contribution in [0.25, 0.3) is 0 Å². The van der Waals surface area contributed by atoms with Gasteiger partial charge in [0, 0.05) is 5.41 Å². The van der Waals surface area contributed by atoms with Crippen molar-refractivity contribution in [3.8, 4) is 11.5 Å². The molecule has 0 aromatic heterocycles. The summed E-state index contributed by atoms with van der Waals surface area (Å²) in [5.74, 6) is -1.40. The number of allylic oxidation sites excluding steroid dienone is 1. The van der Waals surface area contributed by atoms with Gasteiger partial charge in [0.25, 0.3) is 0 Å². The molecular weight excluding hydrogens is 373 g/mol. The van der Waals surface area contributed by atoms with Crippen molar-refractivity contribution >= 4 is 0 Å². The lowest BCUT2D eigenvalue weighted by atomic mass is 9.78. The van der Waals surface area contributed by atoms with Crippen molar-refractivity contribution in [1.82, 2.24) is 0 Å². The molecule has 0 saturated carbocycles. The van der Waals surface area contributed by atoms with Crippen LogP contribution in [0.3, 0.4) is 0 Å². The Kier molecular flexibility index (Phi) is 6.42. The molecule has 29 heavy (non-hydrogen) atoms. The van der Waals surface area contributed by atoms with E-state index in [2.05, 4.69) is 6.58 Å². The maximum atomic E-state index is 14.1. The Labute approximate surface area is 169 Å². The number of benzene rings is 3. The molecule has 0 aliphatic carbocycles. The van der Waals surface area contributed by atoms with E-state index in [-0.39, 0.29) is 5.75 Å². The second-order valence-corrected chi connectivity index (χ2v) is 7.28. The summed E-state index contributed by atoms with van der Waals surface area (Å²) in [7, 11) is 0. The molecule has 0 amide bonds. The quantitative estimate of drug-likeness (QED) is 0.361. The summed E-state index contributed by atoms with van der Waals surface area (Å²) in [5.41, 5.74) is 1.13. The van der Waals surface area contributed by atoms with E-state index in [0.717, 1.165) is 18.1 Å². The second-order valence-electron chi connectivity index (χ2n) is 7.28. The van der Waals surface area contributed by atoms with Crippen molar-refractivity contribution < 1.29 is 17.9 Å². The van der Waals surface area contributed by atoms with Crippen molar-refractivity contribution in [3.63, 3.8) is 0 Å². The van der Waals surface area contributed by atoms with E-state index in [1.54, 1.807) is 36.4 Å². The van der Waals surface area contributed by atoms with Crippen LogP contribution in [0.2, 0.25) is 0 Å². The average Bonchev–Trinajstić information content (AvgIpc) is 2.73. The molecule has 0 N–H and O–H groups in total. The Balaban J connectivity index is 1.68. The zero-order valence-electron chi connectivity index (χ0n) is 16.3. The van der Waals surface area contributed by atoms with E-state index in [0.29, 0.717) is 24.2 Å². The van der Waals surface area contributed by atoms with Gasteiger partial charge in [-0.1, -0.05) is 43.3 Å². The van der Waals surface area contributed by atoms with Gasteiger partial charge in [0.15, 0.2) is 23.2 Å². The Morgan fingerprint density at radius 3 is 2.31 bits per heavy atom. The van der Waals surface area contributed by atoms with Crippen molar-refractivity contribution in [1.29, 1.82) is 0 Å². The number of para-hydroxylation sites is 1. The predicted molar refractivity (Wildman–Crippen MR) is 110 cm³/mol. The topological polar surface area (TPSA) is 9.23 Å². The lowest BCUT2D eigenvalue weighted by Gasteiger charge is -2.26. The summed E-state index contributed by atoms with van der Waals surface area (Å²) < 4.78 is 46.6. The third kappa shape index (κ3) is 5.08. The highest BCUT2D eigenvalue weighted by Crippen LogP contribution is 2.32. The number of ether oxygens (including phenoxy) is 1. The first-order chi connectivity index (χ1) is 13.9. The minimum absolute atomic E-state index is 0.181. The van der Waals surface area contributed by atoms with E-state index < -0.39 is 22.9 Å². The zero-order valence-corrected chi connectivity index (χ0v) is 16.3. The summed E-state index contributed by atoms with van der Waals surface area (Å²) in [6, 6.07) is 17.8. The Morgan fingerprint density at radius 2 is 1.62 bits per heavy atom.